The molecule has 1 unspecified atom stereocenters. The number of piperazine rings is 1. The van der Waals surface area contributed by atoms with Crippen LogP contribution in [0.5, 0.6) is 0 Å². The molecule has 0 N–H and O–H groups in total. The zero-order chi connectivity index (χ0) is 17.8. The first-order valence-corrected chi connectivity index (χ1v) is 9.72. The number of pyridine rings is 1. The molecule has 4 heterocycles. The lowest BCUT2D eigenvalue weighted by Gasteiger charge is -2.37. The van der Waals surface area contributed by atoms with Gasteiger partial charge in [0.2, 0.25) is 5.95 Å². The van der Waals surface area contributed by atoms with Crippen molar-refractivity contribution in [2.45, 2.75) is 38.6 Å². The van der Waals surface area contributed by atoms with Crippen molar-refractivity contribution in [2.24, 2.45) is 0 Å². The fourth-order valence-electron chi connectivity index (χ4n) is 3.95. The van der Waals surface area contributed by atoms with Crippen molar-refractivity contribution in [3.8, 4) is 0 Å². The van der Waals surface area contributed by atoms with Gasteiger partial charge in [0.15, 0.2) is 5.82 Å². The van der Waals surface area contributed by atoms with Crippen LogP contribution in [0.25, 0.3) is 0 Å². The Kier molecular flexibility index (Phi) is 5.13. The van der Waals surface area contributed by atoms with Gasteiger partial charge in [0.1, 0.15) is 5.82 Å². The molecule has 0 bridgehead atoms. The van der Waals surface area contributed by atoms with Gasteiger partial charge in [0.25, 0.3) is 0 Å². The average Bonchev–Trinajstić information content (AvgIpc) is 2.74. The summed E-state index contributed by atoms with van der Waals surface area (Å²) in [5.74, 6) is 2.78. The molecule has 0 saturated carbocycles. The van der Waals surface area contributed by atoms with Crippen molar-refractivity contribution < 1.29 is 0 Å². The predicted molar refractivity (Wildman–Crippen MR) is 104 cm³/mol. The number of piperidine rings is 1. The molecular weight excluding hydrogens is 326 g/mol. The Hall–Kier alpha value is -2.44. The van der Waals surface area contributed by atoms with E-state index in [9.17, 15) is 0 Å². The average molecular weight is 353 g/mol. The van der Waals surface area contributed by atoms with E-state index in [0.717, 1.165) is 56.7 Å². The van der Waals surface area contributed by atoms with Crippen molar-refractivity contribution >= 4 is 17.6 Å². The molecule has 7 nitrogen and oxygen atoms in total. The summed E-state index contributed by atoms with van der Waals surface area (Å²) in [4.78, 5) is 16.3. The molecule has 138 valence electrons. The van der Waals surface area contributed by atoms with Gasteiger partial charge < -0.3 is 14.7 Å². The maximum atomic E-state index is 4.86. The van der Waals surface area contributed by atoms with Gasteiger partial charge in [-0.3, -0.25) is 0 Å². The van der Waals surface area contributed by atoms with Gasteiger partial charge in [-0.05, 0) is 37.8 Å². The Morgan fingerprint density at radius 1 is 1.00 bits per heavy atom. The predicted octanol–water partition coefficient (Wildman–Crippen LogP) is 2.36. The van der Waals surface area contributed by atoms with Crippen LogP contribution in [0.15, 0.2) is 30.6 Å². The summed E-state index contributed by atoms with van der Waals surface area (Å²) in [5, 5.41) is 8.60. The molecule has 26 heavy (non-hydrogen) atoms. The van der Waals surface area contributed by atoms with Gasteiger partial charge in [0.05, 0.1) is 6.20 Å². The van der Waals surface area contributed by atoms with Gasteiger partial charge in [-0.15, -0.1) is 5.10 Å². The van der Waals surface area contributed by atoms with E-state index < -0.39 is 0 Å². The Bertz CT molecular complexity index is 700. The maximum absolute atomic E-state index is 4.86. The van der Waals surface area contributed by atoms with Crippen molar-refractivity contribution in [1.82, 2.24) is 20.2 Å². The molecule has 0 amide bonds. The van der Waals surface area contributed by atoms with Crippen LogP contribution in [0.2, 0.25) is 0 Å². The van der Waals surface area contributed by atoms with E-state index in [2.05, 4.69) is 42.9 Å². The number of hydrogen-bond donors (Lipinski definition) is 0. The molecule has 2 fully saturated rings. The van der Waals surface area contributed by atoms with Gasteiger partial charge in [-0.1, -0.05) is 13.0 Å². The van der Waals surface area contributed by atoms with Crippen LogP contribution < -0.4 is 14.7 Å². The molecule has 0 spiro atoms. The molecule has 4 rings (SSSR count). The van der Waals surface area contributed by atoms with Crippen LogP contribution in [0.4, 0.5) is 17.6 Å². The zero-order valence-corrected chi connectivity index (χ0v) is 15.5. The lowest BCUT2D eigenvalue weighted by molar-refractivity contribution is 0.441. The fraction of sp³-hybridized carbons (Fsp3) is 0.579. The van der Waals surface area contributed by atoms with Crippen molar-refractivity contribution in [3.05, 3.63) is 30.6 Å². The topological polar surface area (TPSA) is 61.3 Å². The van der Waals surface area contributed by atoms with Crippen LogP contribution >= 0.6 is 0 Å². The van der Waals surface area contributed by atoms with Crippen LogP contribution in [0.3, 0.4) is 0 Å². The smallest absolute Gasteiger partial charge is 0.247 e. The highest BCUT2D eigenvalue weighted by Crippen LogP contribution is 2.25. The molecule has 2 saturated heterocycles. The second-order valence-corrected chi connectivity index (χ2v) is 7.03. The third kappa shape index (κ3) is 3.57. The summed E-state index contributed by atoms with van der Waals surface area (Å²) >= 11 is 0. The summed E-state index contributed by atoms with van der Waals surface area (Å²) in [5.41, 5.74) is 0. The molecule has 0 aromatic carbocycles. The quantitative estimate of drug-likeness (QED) is 0.836. The van der Waals surface area contributed by atoms with E-state index >= 15 is 0 Å². The summed E-state index contributed by atoms with van der Waals surface area (Å²) in [7, 11) is 0. The minimum Gasteiger partial charge on any atom is -0.353 e. The largest absolute Gasteiger partial charge is 0.353 e. The van der Waals surface area contributed by atoms with Crippen LogP contribution in [0.1, 0.15) is 32.6 Å². The highest BCUT2D eigenvalue weighted by Gasteiger charge is 2.25. The first-order valence-electron chi connectivity index (χ1n) is 9.72. The van der Waals surface area contributed by atoms with E-state index in [1.807, 2.05) is 18.3 Å². The maximum Gasteiger partial charge on any atom is 0.247 e. The van der Waals surface area contributed by atoms with Crippen LogP contribution in [0, 0.1) is 0 Å². The zero-order valence-electron chi connectivity index (χ0n) is 15.5. The van der Waals surface area contributed by atoms with Crippen molar-refractivity contribution in [1.29, 1.82) is 0 Å². The normalized spacial score (nSPS) is 21.1. The summed E-state index contributed by atoms with van der Waals surface area (Å²) in [6, 6.07) is 6.61. The molecule has 1 atom stereocenters. The van der Waals surface area contributed by atoms with E-state index in [4.69, 9.17) is 4.98 Å². The molecule has 0 aliphatic carbocycles. The third-order valence-corrected chi connectivity index (χ3v) is 5.47. The molecule has 0 radical (unpaired) electrons. The Morgan fingerprint density at radius 2 is 1.81 bits per heavy atom. The first-order chi connectivity index (χ1) is 12.8. The lowest BCUT2D eigenvalue weighted by Crippen LogP contribution is -2.47. The van der Waals surface area contributed by atoms with Crippen LogP contribution in [-0.4, -0.2) is 58.9 Å². The number of hydrogen-bond acceptors (Lipinski definition) is 7. The highest BCUT2D eigenvalue weighted by molar-refractivity contribution is 5.46. The molecule has 2 aromatic rings. The SMILES string of the molecule is CCC1CCCCN1c1nncc(N2CCN(c3ccccn3)CC2)n1. The Balaban J connectivity index is 1.44. The molecular formula is C19H27N7. The molecule has 7 heteroatoms. The second kappa shape index (κ2) is 7.85. The monoisotopic (exact) mass is 353 g/mol. The minimum absolute atomic E-state index is 0.543. The second-order valence-electron chi connectivity index (χ2n) is 7.03. The molecule has 2 aliphatic rings. The van der Waals surface area contributed by atoms with E-state index in [1.165, 1.54) is 19.3 Å². The molecule has 2 aliphatic heterocycles. The Morgan fingerprint density at radius 3 is 2.54 bits per heavy atom. The standard InChI is InChI=1S/C19H27N7/c1-2-16-7-4-6-10-26(16)19-22-18(15-21-23-19)25-13-11-24(12-14-25)17-8-3-5-9-20-17/h3,5,8-9,15-16H,2,4,6-7,10-14H2,1H3. The number of rotatable bonds is 4. The van der Waals surface area contributed by atoms with Gasteiger partial charge in [-0.25, -0.2) is 4.98 Å². The number of anilines is 3. The fourth-order valence-corrected chi connectivity index (χ4v) is 3.95. The van der Waals surface area contributed by atoms with Crippen LogP contribution in [-0.2, 0) is 0 Å². The number of nitrogens with zero attached hydrogens (tertiary/aromatic N) is 7. The number of aromatic nitrogens is 4. The summed E-state index contributed by atoms with van der Waals surface area (Å²) in [6.45, 7) is 7.02. The van der Waals surface area contributed by atoms with E-state index in [-0.39, 0.29) is 0 Å². The van der Waals surface area contributed by atoms with Gasteiger partial charge in [0, 0.05) is 45.0 Å². The van der Waals surface area contributed by atoms with Gasteiger partial charge in [-0.2, -0.15) is 10.1 Å². The summed E-state index contributed by atoms with van der Waals surface area (Å²) in [6.07, 6.45) is 8.53. The lowest BCUT2D eigenvalue weighted by atomic mass is 10.0. The summed E-state index contributed by atoms with van der Waals surface area (Å²) < 4.78 is 0. The van der Waals surface area contributed by atoms with Crippen molar-refractivity contribution in [2.75, 3.05) is 47.4 Å². The molecule has 2 aromatic heterocycles. The van der Waals surface area contributed by atoms with Gasteiger partial charge >= 0.3 is 0 Å². The highest BCUT2D eigenvalue weighted by atomic mass is 15.4. The van der Waals surface area contributed by atoms with Crippen molar-refractivity contribution in [3.63, 3.8) is 0 Å². The third-order valence-electron chi connectivity index (χ3n) is 5.47. The van der Waals surface area contributed by atoms with E-state index in [1.54, 1.807) is 6.20 Å². The Labute approximate surface area is 155 Å². The first kappa shape index (κ1) is 17.0. The van der Waals surface area contributed by atoms with E-state index in [0.29, 0.717) is 6.04 Å². The minimum atomic E-state index is 0.543.